The molecule has 0 aliphatic heterocycles. The number of halogens is 2. The summed E-state index contributed by atoms with van der Waals surface area (Å²) in [5.41, 5.74) is 0. The van der Waals surface area contributed by atoms with Crippen LogP contribution in [0.5, 0.6) is 0 Å². The summed E-state index contributed by atoms with van der Waals surface area (Å²) in [5.74, 6) is 0. The lowest BCUT2D eigenvalue weighted by Crippen LogP contribution is -1.76. The van der Waals surface area contributed by atoms with Crippen molar-refractivity contribution in [3.8, 4) is 0 Å². The quantitative estimate of drug-likeness (QED) is 0.606. The Morgan fingerprint density at radius 3 is 2.33 bits per heavy atom. The van der Waals surface area contributed by atoms with Crippen molar-refractivity contribution in [2.24, 2.45) is 0 Å². The van der Waals surface area contributed by atoms with E-state index in [0.717, 1.165) is 10.0 Å². The topological polar surface area (TPSA) is 20.2 Å². The van der Waals surface area contributed by atoms with E-state index in [1.165, 1.54) is 12.8 Å². The lowest BCUT2D eigenvalue weighted by Gasteiger charge is -1.95. The summed E-state index contributed by atoms with van der Waals surface area (Å²) in [7, 11) is 0. The van der Waals surface area contributed by atoms with Gasteiger partial charge in [-0.05, 0) is 58.0 Å². The number of aliphatic hydroxyl groups excluding tert-OH is 1. The lowest BCUT2D eigenvalue weighted by molar-refractivity contribution is 0.461. The van der Waals surface area contributed by atoms with Gasteiger partial charge >= 0.3 is 0 Å². The molecule has 0 fully saturated rings. The third kappa shape index (κ3) is 5.44. The van der Waals surface area contributed by atoms with Crippen LogP contribution in [-0.2, 0) is 0 Å². The smallest absolute Gasteiger partial charge is 0.162 e. The normalized spacial score (nSPS) is 13.2. The third-order valence-electron chi connectivity index (χ3n) is 0.974. The van der Waals surface area contributed by atoms with Gasteiger partial charge in [0, 0.05) is 3.58 Å². The van der Waals surface area contributed by atoms with Gasteiger partial charge in [-0.3, -0.25) is 0 Å². The molecule has 9 heavy (non-hydrogen) atoms. The number of rotatable bonds is 3. The first kappa shape index (κ1) is 10.0. The van der Waals surface area contributed by atoms with E-state index in [1.54, 1.807) is 0 Å². The molecule has 0 radical (unpaired) electrons. The van der Waals surface area contributed by atoms with E-state index in [1.807, 2.05) is 22.6 Å². The molecule has 0 spiro atoms. The van der Waals surface area contributed by atoms with Gasteiger partial charge in [0.1, 0.15) is 0 Å². The fraction of sp³-hybridized carbons (Fsp3) is 0.667. The molecule has 0 unspecified atom stereocenters. The van der Waals surface area contributed by atoms with Crippen LogP contribution in [0.15, 0.2) is 7.35 Å². The van der Waals surface area contributed by atoms with Crippen molar-refractivity contribution in [1.82, 2.24) is 0 Å². The van der Waals surface area contributed by atoms with E-state index < -0.39 is 0 Å². The highest BCUT2D eigenvalue weighted by Gasteiger charge is 1.95. The van der Waals surface area contributed by atoms with Crippen LogP contribution in [0.3, 0.4) is 0 Å². The summed E-state index contributed by atoms with van der Waals surface area (Å²) in [4.78, 5) is 0. The number of hydrogen-bond donors (Lipinski definition) is 1. The molecule has 0 atom stereocenters. The summed E-state index contributed by atoms with van der Waals surface area (Å²) in [5, 5.41) is 8.91. The van der Waals surface area contributed by atoms with Gasteiger partial charge in [0.25, 0.3) is 0 Å². The summed E-state index contributed by atoms with van der Waals surface area (Å²) in [6, 6.07) is 0. The maximum atomic E-state index is 8.91. The predicted octanol–water partition coefficient (Wildman–Crippen LogP) is 3.77. The summed E-state index contributed by atoms with van der Waals surface area (Å²) >= 11 is 4.11. The minimum atomic E-state index is 0.446. The van der Waals surface area contributed by atoms with Gasteiger partial charge in [0.15, 0.2) is 3.77 Å². The van der Waals surface area contributed by atoms with E-state index in [9.17, 15) is 0 Å². The molecule has 1 N–H and O–H groups in total. The number of unbranched alkanes of at least 4 members (excludes halogenated alkanes) is 1. The van der Waals surface area contributed by atoms with Gasteiger partial charge < -0.3 is 5.11 Å². The second kappa shape index (κ2) is 5.76. The van der Waals surface area contributed by atoms with Gasteiger partial charge in [0.05, 0.1) is 0 Å². The number of aliphatic hydroxyl groups is 1. The predicted molar refractivity (Wildman–Crippen MR) is 57.2 cm³/mol. The molecular weight excluding hydrogens is 342 g/mol. The Balaban J connectivity index is 3.50. The van der Waals surface area contributed by atoms with Gasteiger partial charge in [-0.1, -0.05) is 13.3 Å². The van der Waals surface area contributed by atoms with Gasteiger partial charge in [-0.2, -0.15) is 0 Å². The van der Waals surface area contributed by atoms with Crippen LogP contribution in [0.2, 0.25) is 0 Å². The van der Waals surface area contributed by atoms with Crippen molar-refractivity contribution >= 4 is 45.2 Å². The van der Waals surface area contributed by atoms with Gasteiger partial charge in [-0.25, -0.2) is 0 Å². The van der Waals surface area contributed by atoms with Crippen LogP contribution < -0.4 is 0 Å². The van der Waals surface area contributed by atoms with E-state index in [-0.39, 0.29) is 0 Å². The van der Waals surface area contributed by atoms with Crippen LogP contribution in [0.4, 0.5) is 0 Å². The first-order chi connectivity index (χ1) is 4.18. The zero-order valence-corrected chi connectivity index (χ0v) is 9.64. The van der Waals surface area contributed by atoms with Gasteiger partial charge in [-0.15, -0.1) is 0 Å². The van der Waals surface area contributed by atoms with Crippen LogP contribution in [-0.4, -0.2) is 5.11 Å². The fourth-order valence-corrected chi connectivity index (χ4v) is 1.09. The highest BCUT2D eigenvalue weighted by Crippen LogP contribution is 2.21. The average Bonchev–Trinajstić information content (AvgIpc) is 1.82. The Morgan fingerprint density at radius 1 is 1.44 bits per heavy atom. The summed E-state index contributed by atoms with van der Waals surface area (Å²) < 4.78 is 1.52. The fourth-order valence-electron chi connectivity index (χ4n) is 0.435. The maximum absolute atomic E-state index is 8.91. The summed E-state index contributed by atoms with van der Waals surface area (Å²) in [6.45, 7) is 2.15. The molecule has 0 amide bonds. The molecule has 0 saturated carbocycles. The Labute approximate surface area is 83.2 Å². The Hall–Kier alpha value is 1.00. The zero-order chi connectivity index (χ0) is 7.28. The lowest BCUT2D eigenvalue weighted by atomic mass is 10.2. The molecule has 0 aliphatic carbocycles. The van der Waals surface area contributed by atoms with Crippen molar-refractivity contribution in [2.45, 2.75) is 26.2 Å². The highest BCUT2D eigenvalue weighted by atomic mass is 127. The molecule has 0 aromatic heterocycles. The molecular formula is C6H10I2O. The minimum Gasteiger partial charge on any atom is -0.502 e. The molecule has 0 bridgehead atoms. The zero-order valence-electron chi connectivity index (χ0n) is 5.32. The van der Waals surface area contributed by atoms with Gasteiger partial charge in [0.2, 0.25) is 0 Å². The molecule has 0 aromatic rings. The molecule has 3 heteroatoms. The SMILES string of the molecule is CCCC/C(I)=C(/O)I. The minimum absolute atomic E-state index is 0.446. The molecule has 0 saturated heterocycles. The molecule has 0 rings (SSSR count). The molecule has 0 heterocycles. The van der Waals surface area contributed by atoms with Crippen molar-refractivity contribution < 1.29 is 5.11 Å². The van der Waals surface area contributed by atoms with Crippen LogP contribution in [0.1, 0.15) is 26.2 Å². The largest absolute Gasteiger partial charge is 0.502 e. The van der Waals surface area contributed by atoms with Crippen molar-refractivity contribution in [3.63, 3.8) is 0 Å². The second-order valence-electron chi connectivity index (χ2n) is 1.80. The van der Waals surface area contributed by atoms with E-state index in [0.29, 0.717) is 3.77 Å². The van der Waals surface area contributed by atoms with Crippen LogP contribution >= 0.6 is 45.2 Å². The van der Waals surface area contributed by atoms with Crippen molar-refractivity contribution in [3.05, 3.63) is 7.35 Å². The van der Waals surface area contributed by atoms with Crippen molar-refractivity contribution in [2.75, 3.05) is 0 Å². The molecule has 1 nitrogen and oxygen atoms in total. The van der Waals surface area contributed by atoms with E-state index in [4.69, 9.17) is 5.11 Å². The number of hydrogen-bond acceptors (Lipinski definition) is 1. The third-order valence-corrected chi connectivity index (χ3v) is 3.71. The molecule has 54 valence electrons. The summed E-state index contributed by atoms with van der Waals surface area (Å²) in [6.07, 6.45) is 3.38. The first-order valence-electron chi connectivity index (χ1n) is 2.91. The Kier molecular flexibility index (Phi) is 6.40. The van der Waals surface area contributed by atoms with Crippen molar-refractivity contribution in [1.29, 1.82) is 0 Å². The second-order valence-corrected chi connectivity index (χ2v) is 4.12. The van der Waals surface area contributed by atoms with E-state index >= 15 is 0 Å². The van der Waals surface area contributed by atoms with E-state index in [2.05, 4.69) is 29.5 Å². The monoisotopic (exact) mass is 352 g/mol. The molecule has 0 aliphatic rings. The average molecular weight is 352 g/mol. The Bertz CT molecular complexity index is 106. The number of allylic oxidation sites excluding steroid dienone is 1. The maximum Gasteiger partial charge on any atom is 0.162 e. The van der Waals surface area contributed by atoms with Crippen LogP contribution in [0.25, 0.3) is 0 Å². The highest BCUT2D eigenvalue weighted by molar-refractivity contribution is 14.1. The Morgan fingerprint density at radius 2 is 2.00 bits per heavy atom. The van der Waals surface area contributed by atoms with Crippen LogP contribution in [0, 0.1) is 0 Å². The molecule has 0 aromatic carbocycles. The first-order valence-corrected chi connectivity index (χ1v) is 5.07. The standard InChI is InChI=1S/C6H10I2O/c1-2-3-4-5(7)6(8)9/h9H,2-4H2,1H3/b6-5-.